The van der Waals surface area contributed by atoms with E-state index in [1.54, 1.807) is 0 Å². The van der Waals surface area contributed by atoms with Gasteiger partial charge in [-0.3, -0.25) is 0 Å². The summed E-state index contributed by atoms with van der Waals surface area (Å²) in [6.07, 6.45) is 4.37. The molecular weight excluding hydrogens is 225 g/mol. The van der Waals surface area contributed by atoms with E-state index in [-0.39, 0.29) is 0 Å². The molecule has 0 aromatic rings. The summed E-state index contributed by atoms with van der Waals surface area (Å²) < 4.78 is 2.52. The smallest absolute Gasteiger partial charge is 0.0309 e. The van der Waals surface area contributed by atoms with Crippen molar-refractivity contribution in [3.05, 3.63) is 0 Å². The van der Waals surface area contributed by atoms with Crippen LogP contribution in [-0.2, 0) is 0 Å². The van der Waals surface area contributed by atoms with E-state index >= 15 is 0 Å². The Morgan fingerprint density at radius 1 is 1.56 bits per heavy atom. The minimum absolute atomic E-state index is 0.694. The van der Waals surface area contributed by atoms with Gasteiger partial charge in [-0.15, -0.1) is 0 Å². The molecule has 2 aliphatic rings. The van der Waals surface area contributed by atoms with Crippen LogP contribution >= 0.6 is 22.9 Å². The molecule has 1 nitrogen and oxygen atoms in total. The zero-order valence-electron chi connectivity index (χ0n) is 5.73. The molecule has 1 atom stereocenters. The lowest BCUT2D eigenvalue weighted by molar-refractivity contribution is 0.452. The molecule has 1 spiro atoms. The van der Waals surface area contributed by atoms with E-state index in [1.165, 1.54) is 25.8 Å². The molecular formula is C7H12IN. The predicted molar refractivity (Wildman–Crippen MR) is 46.5 cm³/mol. The zero-order chi connectivity index (χ0) is 6.48. The van der Waals surface area contributed by atoms with Gasteiger partial charge in [0.05, 0.1) is 0 Å². The van der Waals surface area contributed by atoms with Crippen LogP contribution in [0.1, 0.15) is 26.2 Å². The van der Waals surface area contributed by atoms with E-state index in [1.807, 2.05) is 0 Å². The second-order valence-electron chi connectivity index (χ2n) is 3.58. The fourth-order valence-electron chi connectivity index (χ4n) is 1.87. The lowest BCUT2D eigenvalue weighted by Gasteiger charge is -2.13. The molecule has 52 valence electrons. The standard InChI is InChI=1S/C7H12IN/c1-6-4-7(2-3-7)9(8)5-6/h6H,2-5H2,1H3. The van der Waals surface area contributed by atoms with Gasteiger partial charge in [0.25, 0.3) is 0 Å². The van der Waals surface area contributed by atoms with E-state index in [4.69, 9.17) is 0 Å². The van der Waals surface area contributed by atoms with Crippen molar-refractivity contribution >= 4 is 22.9 Å². The van der Waals surface area contributed by atoms with Gasteiger partial charge in [-0.05, 0) is 25.2 Å². The first-order valence-corrected chi connectivity index (χ1v) is 4.63. The highest BCUT2D eigenvalue weighted by molar-refractivity contribution is 14.1. The van der Waals surface area contributed by atoms with Crippen molar-refractivity contribution < 1.29 is 0 Å². The average Bonchev–Trinajstić information content (AvgIpc) is 2.42. The largest absolute Gasteiger partial charge is 0.241 e. The summed E-state index contributed by atoms with van der Waals surface area (Å²) in [5.41, 5.74) is 0.694. The van der Waals surface area contributed by atoms with Crippen LogP contribution in [0.25, 0.3) is 0 Å². The average molecular weight is 237 g/mol. The molecule has 0 amide bonds. The summed E-state index contributed by atoms with van der Waals surface area (Å²) in [6.45, 7) is 3.68. The highest BCUT2D eigenvalue weighted by atomic mass is 127. The van der Waals surface area contributed by atoms with E-state index in [9.17, 15) is 0 Å². The third kappa shape index (κ3) is 0.909. The lowest BCUT2D eigenvalue weighted by Crippen LogP contribution is -2.19. The van der Waals surface area contributed by atoms with Gasteiger partial charge in [-0.25, -0.2) is 3.11 Å². The molecule has 0 N–H and O–H groups in total. The van der Waals surface area contributed by atoms with Crippen molar-refractivity contribution in [2.24, 2.45) is 5.92 Å². The maximum Gasteiger partial charge on any atom is 0.0309 e. The molecule has 0 aromatic carbocycles. The third-order valence-corrected chi connectivity index (χ3v) is 3.96. The summed E-state index contributed by atoms with van der Waals surface area (Å²) >= 11 is 2.49. The second kappa shape index (κ2) is 1.84. The highest BCUT2D eigenvalue weighted by Crippen LogP contribution is 2.52. The molecule has 0 radical (unpaired) electrons. The van der Waals surface area contributed by atoms with Crippen LogP contribution in [0.4, 0.5) is 0 Å². The Bertz CT molecular complexity index is 131. The van der Waals surface area contributed by atoms with Crippen molar-refractivity contribution in [3.8, 4) is 0 Å². The van der Waals surface area contributed by atoms with Crippen LogP contribution < -0.4 is 0 Å². The van der Waals surface area contributed by atoms with Gasteiger partial charge in [0.15, 0.2) is 0 Å². The van der Waals surface area contributed by atoms with Crippen LogP contribution in [0.5, 0.6) is 0 Å². The molecule has 1 saturated carbocycles. The number of hydrogen-bond acceptors (Lipinski definition) is 1. The Morgan fingerprint density at radius 2 is 2.22 bits per heavy atom. The zero-order valence-corrected chi connectivity index (χ0v) is 7.89. The first kappa shape index (κ1) is 6.40. The quantitative estimate of drug-likeness (QED) is 0.461. The van der Waals surface area contributed by atoms with Gasteiger partial charge < -0.3 is 0 Å². The normalized spacial score (nSPS) is 40.0. The van der Waals surface area contributed by atoms with Gasteiger partial charge in [-0.2, -0.15) is 0 Å². The van der Waals surface area contributed by atoms with Crippen molar-refractivity contribution in [1.82, 2.24) is 3.11 Å². The minimum Gasteiger partial charge on any atom is -0.241 e. The highest BCUT2D eigenvalue weighted by Gasteiger charge is 2.52. The maximum atomic E-state index is 2.52. The molecule has 2 fully saturated rings. The predicted octanol–water partition coefficient (Wildman–Crippen LogP) is 2.21. The van der Waals surface area contributed by atoms with Gasteiger partial charge >= 0.3 is 0 Å². The fourth-order valence-corrected chi connectivity index (χ4v) is 3.22. The number of rotatable bonds is 0. The molecule has 1 aliphatic carbocycles. The van der Waals surface area contributed by atoms with Crippen molar-refractivity contribution in [2.45, 2.75) is 31.7 Å². The summed E-state index contributed by atoms with van der Waals surface area (Å²) in [5, 5.41) is 0. The summed E-state index contributed by atoms with van der Waals surface area (Å²) in [4.78, 5) is 0. The number of hydrogen-bond donors (Lipinski definition) is 0. The minimum atomic E-state index is 0.694. The second-order valence-corrected chi connectivity index (χ2v) is 4.74. The first-order chi connectivity index (χ1) is 4.23. The molecule has 9 heavy (non-hydrogen) atoms. The molecule has 1 aliphatic heterocycles. The lowest BCUT2D eigenvalue weighted by atomic mass is 10.1. The topological polar surface area (TPSA) is 3.24 Å². The van der Waals surface area contributed by atoms with Crippen LogP contribution in [0.2, 0.25) is 0 Å². The molecule has 1 saturated heterocycles. The van der Waals surface area contributed by atoms with Crippen LogP contribution in [-0.4, -0.2) is 15.2 Å². The number of nitrogens with zero attached hydrogens (tertiary/aromatic N) is 1. The molecule has 2 heteroatoms. The van der Waals surface area contributed by atoms with Crippen LogP contribution in [0.3, 0.4) is 0 Å². The Balaban J connectivity index is 2.10. The summed E-state index contributed by atoms with van der Waals surface area (Å²) in [7, 11) is 0. The van der Waals surface area contributed by atoms with Crippen LogP contribution in [0, 0.1) is 5.92 Å². The molecule has 1 unspecified atom stereocenters. The number of halogens is 1. The maximum absolute atomic E-state index is 2.52. The Labute approximate surface area is 70.3 Å². The van der Waals surface area contributed by atoms with Gasteiger partial charge in [0, 0.05) is 34.9 Å². The molecule has 0 bridgehead atoms. The monoisotopic (exact) mass is 237 g/mol. The molecule has 2 rings (SSSR count). The molecule has 0 aromatic heterocycles. The van der Waals surface area contributed by atoms with Crippen molar-refractivity contribution in [3.63, 3.8) is 0 Å². The first-order valence-electron chi connectivity index (χ1n) is 3.66. The van der Waals surface area contributed by atoms with Crippen LogP contribution in [0.15, 0.2) is 0 Å². The molecule has 1 heterocycles. The van der Waals surface area contributed by atoms with E-state index in [2.05, 4.69) is 32.9 Å². The van der Waals surface area contributed by atoms with E-state index < -0.39 is 0 Å². The van der Waals surface area contributed by atoms with Gasteiger partial charge in [0.2, 0.25) is 0 Å². The van der Waals surface area contributed by atoms with E-state index in [0.717, 1.165) is 5.92 Å². The Morgan fingerprint density at radius 3 is 2.44 bits per heavy atom. The Hall–Kier alpha value is 0.690. The Kier molecular flexibility index (Phi) is 1.31. The third-order valence-electron chi connectivity index (χ3n) is 2.54. The van der Waals surface area contributed by atoms with Gasteiger partial charge in [-0.1, -0.05) is 6.92 Å². The SMILES string of the molecule is CC1CN(I)C2(CC2)C1. The van der Waals surface area contributed by atoms with Gasteiger partial charge in [0.1, 0.15) is 0 Å². The van der Waals surface area contributed by atoms with Crippen molar-refractivity contribution in [1.29, 1.82) is 0 Å². The van der Waals surface area contributed by atoms with E-state index in [0.29, 0.717) is 5.54 Å². The summed E-state index contributed by atoms with van der Waals surface area (Å²) in [6, 6.07) is 0. The fraction of sp³-hybridized carbons (Fsp3) is 1.00. The summed E-state index contributed by atoms with van der Waals surface area (Å²) in [5.74, 6) is 0.949. The van der Waals surface area contributed by atoms with Crippen molar-refractivity contribution in [2.75, 3.05) is 6.54 Å².